The Morgan fingerprint density at radius 1 is 1.47 bits per heavy atom. The molecule has 1 aromatic rings. The van der Waals surface area contributed by atoms with Crippen LogP contribution in [0.25, 0.3) is 0 Å². The molecule has 1 aromatic heterocycles. The lowest BCUT2D eigenvalue weighted by Crippen LogP contribution is -2.24. The predicted molar refractivity (Wildman–Crippen MR) is 63.9 cm³/mol. The minimum Gasteiger partial charge on any atom is -0.352 e. The summed E-state index contributed by atoms with van der Waals surface area (Å²) in [5.41, 5.74) is 7.89. The van der Waals surface area contributed by atoms with Gasteiger partial charge < -0.3 is 11.1 Å². The molecule has 0 atom stereocenters. The summed E-state index contributed by atoms with van der Waals surface area (Å²) in [6.07, 6.45) is 5.95. The fourth-order valence-corrected chi connectivity index (χ4v) is 1.89. The summed E-state index contributed by atoms with van der Waals surface area (Å²) in [6.45, 7) is 0.570. The number of nitrogens with zero attached hydrogens (tertiary/aromatic N) is 1. The Kier molecular flexibility index (Phi) is 2.40. The zero-order chi connectivity index (χ0) is 11.9. The number of hydrogen-bond acceptors (Lipinski definition) is 3. The van der Waals surface area contributed by atoms with Crippen molar-refractivity contribution in [3.8, 4) is 0 Å². The highest BCUT2D eigenvalue weighted by molar-refractivity contribution is 5.80. The van der Waals surface area contributed by atoms with Crippen LogP contribution in [-0.4, -0.2) is 10.9 Å². The van der Waals surface area contributed by atoms with Gasteiger partial charge in [-0.3, -0.25) is 9.78 Å². The van der Waals surface area contributed by atoms with Gasteiger partial charge in [-0.25, -0.2) is 0 Å². The molecule has 2 aliphatic carbocycles. The predicted octanol–water partition coefficient (Wildman–Crippen LogP) is 1.06. The van der Waals surface area contributed by atoms with Crippen LogP contribution in [0.1, 0.15) is 36.9 Å². The quantitative estimate of drug-likeness (QED) is 0.814. The van der Waals surface area contributed by atoms with Crippen LogP contribution in [0.4, 0.5) is 0 Å². The molecular formula is C13H17N3O. The maximum Gasteiger partial charge on any atom is 0.223 e. The van der Waals surface area contributed by atoms with Crippen LogP contribution in [0, 0.1) is 5.92 Å². The van der Waals surface area contributed by atoms with Crippen molar-refractivity contribution in [1.82, 2.24) is 10.3 Å². The van der Waals surface area contributed by atoms with E-state index >= 15 is 0 Å². The first-order chi connectivity index (χ1) is 8.17. The SMILES string of the molecule is NC1(c2ccc(CNC(=O)C3CC3)cn2)CC1. The molecule has 90 valence electrons. The van der Waals surface area contributed by atoms with Crippen molar-refractivity contribution in [2.75, 3.05) is 0 Å². The van der Waals surface area contributed by atoms with Crippen LogP contribution < -0.4 is 11.1 Å². The fraction of sp³-hybridized carbons (Fsp3) is 0.538. The van der Waals surface area contributed by atoms with Crippen LogP contribution in [0.3, 0.4) is 0 Å². The standard InChI is InChI=1S/C13H17N3O/c14-13(5-6-13)11-4-1-9(7-15-11)8-16-12(17)10-2-3-10/h1,4,7,10H,2-3,5-6,8,14H2,(H,16,17). The Morgan fingerprint density at radius 3 is 2.76 bits per heavy atom. The highest BCUT2D eigenvalue weighted by Crippen LogP contribution is 2.41. The summed E-state index contributed by atoms with van der Waals surface area (Å²) in [5.74, 6) is 0.438. The summed E-state index contributed by atoms with van der Waals surface area (Å²) in [6, 6.07) is 3.98. The van der Waals surface area contributed by atoms with E-state index in [1.54, 1.807) is 0 Å². The summed E-state index contributed by atoms with van der Waals surface area (Å²) < 4.78 is 0. The summed E-state index contributed by atoms with van der Waals surface area (Å²) in [7, 11) is 0. The smallest absolute Gasteiger partial charge is 0.223 e. The first kappa shape index (κ1) is 10.7. The number of amides is 1. The van der Waals surface area contributed by atoms with E-state index in [0.29, 0.717) is 6.54 Å². The van der Waals surface area contributed by atoms with Crippen LogP contribution in [0.5, 0.6) is 0 Å². The number of hydrogen-bond donors (Lipinski definition) is 2. The average Bonchev–Trinajstić information content (AvgIpc) is 3.21. The number of nitrogens with one attached hydrogen (secondary N) is 1. The molecule has 2 aliphatic rings. The Balaban J connectivity index is 1.58. The minimum atomic E-state index is -0.171. The maximum atomic E-state index is 11.5. The molecule has 0 bridgehead atoms. The van der Waals surface area contributed by atoms with Crippen molar-refractivity contribution in [2.45, 2.75) is 37.8 Å². The Morgan fingerprint density at radius 2 is 2.24 bits per heavy atom. The van der Waals surface area contributed by atoms with E-state index in [1.807, 2.05) is 18.3 Å². The molecule has 2 fully saturated rings. The second kappa shape index (κ2) is 3.81. The Bertz CT molecular complexity index is 432. The van der Waals surface area contributed by atoms with Gasteiger partial charge in [-0.15, -0.1) is 0 Å². The number of rotatable bonds is 4. The van der Waals surface area contributed by atoms with Gasteiger partial charge in [-0.1, -0.05) is 6.07 Å². The van der Waals surface area contributed by atoms with Crippen molar-refractivity contribution in [3.05, 3.63) is 29.6 Å². The van der Waals surface area contributed by atoms with Gasteiger partial charge in [-0.2, -0.15) is 0 Å². The van der Waals surface area contributed by atoms with Gasteiger partial charge in [0.15, 0.2) is 0 Å². The molecular weight excluding hydrogens is 214 g/mol. The average molecular weight is 231 g/mol. The third kappa shape index (κ3) is 2.31. The second-order valence-corrected chi connectivity index (χ2v) is 5.20. The molecule has 3 N–H and O–H groups in total. The van der Waals surface area contributed by atoms with E-state index < -0.39 is 0 Å². The lowest BCUT2D eigenvalue weighted by atomic mass is 10.1. The van der Waals surface area contributed by atoms with Gasteiger partial charge in [0, 0.05) is 18.7 Å². The minimum absolute atomic E-state index is 0.171. The van der Waals surface area contributed by atoms with Crippen molar-refractivity contribution >= 4 is 5.91 Å². The maximum absolute atomic E-state index is 11.5. The van der Waals surface area contributed by atoms with Gasteiger partial charge in [0.25, 0.3) is 0 Å². The summed E-state index contributed by atoms with van der Waals surface area (Å²) in [5, 5.41) is 2.92. The van der Waals surface area contributed by atoms with E-state index in [9.17, 15) is 4.79 Å². The van der Waals surface area contributed by atoms with Gasteiger partial charge in [-0.05, 0) is 37.3 Å². The van der Waals surface area contributed by atoms with Crippen molar-refractivity contribution in [1.29, 1.82) is 0 Å². The molecule has 0 aromatic carbocycles. The largest absolute Gasteiger partial charge is 0.352 e. The monoisotopic (exact) mass is 231 g/mol. The number of pyridine rings is 1. The fourth-order valence-electron chi connectivity index (χ4n) is 1.89. The summed E-state index contributed by atoms with van der Waals surface area (Å²) >= 11 is 0. The molecule has 0 saturated heterocycles. The van der Waals surface area contributed by atoms with Gasteiger partial charge in [0.2, 0.25) is 5.91 Å². The Hall–Kier alpha value is -1.42. The van der Waals surface area contributed by atoms with Crippen LogP contribution in [-0.2, 0) is 16.9 Å². The second-order valence-electron chi connectivity index (χ2n) is 5.20. The molecule has 0 radical (unpaired) electrons. The number of nitrogens with two attached hydrogens (primary N) is 1. The van der Waals surface area contributed by atoms with Crippen molar-refractivity contribution in [2.24, 2.45) is 11.7 Å². The third-order valence-electron chi connectivity index (χ3n) is 3.54. The van der Waals surface area contributed by atoms with E-state index in [4.69, 9.17) is 5.73 Å². The molecule has 2 saturated carbocycles. The van der Waals surface area contributed by atoms with Gasteiger partial charge >= 0.3 is 0 Å². The highest BCUT2D eigenvalue weighted by Gasteiger charge is 2.41. The molecule has 4 heteroatoms. The van der Waals surface area contributed by atoms with E-state index in [2.05, 4.69) is 10.3 Å². The van der Waals surface area contributed by atoms with Crippen molar-refractivity contribution in [3.63, 3.8) is 0 Å². The molecule has 0 aliphatic heterocycles. The molecule has 1 heterocycles. The van der Waals surface area contributed by atoms with E-state index in [0.717, 1.165) is 36.9 Å². The normalized spacial score (nSPS) is 21.0. The first-order valence-electron chi connectivity index (χ1n) is 6.19. The molecule has 4 nitrogen and oxygen atoms in total. The molecule has 3 rings (SSSR count). The number of carbonyl (C=O) groups is 1. The number of aromatic nitrogens is 1. The Labute approximate surface area is 101 Å². The molecule has 0 unspecified atom stereocenters. The van der Waals surface area contributed by atoms with Crippen LogP contribution in [0.2, 0.25) is 0 Å². The first-order valence-corrected chi connectivity index (χ1v) is 6.19. The zero-order valence-electron chi connectivity index (χ0n) is 9.78. The third-order valence-corrected chi connectivity index (χ3v) is 3.54. The summed E-state index contributed by atoms with van der Waals surface area (Å²) in [4.78, 5) is 15.8. The lowest BCUT2D eigenvalue weighted by molar-refractivity contribution is -0.122. The highest BCUT2D eigenvalue weighted by atomic mass is 16.2. The zero-order valence-corrected chi connectivity index (χ0v) is 9.78. The van der Waals surface area contributed by atoms with Gasteiger partial charge in [0.05, 0.1) is 11.2 Å². The lowest BCUT2D eigenvalue weighted by Gasteiger charge is -2.09. The molecule has 17 heavy (non-hydrogen) atoms. The molecule has 0 spiro atoms. The van der Waals surface area contributed by atoms with Crippen molar-refractivity contribution < 1.29 is 4.79 Å². The van der Waals surface area contributed by atoms with E-state index in [-0.39, 0.29) is 17.4 Å². The molecule has 1 amide bonds. The van der Waals surface area contributed by atoms with E-state index in [1.165, 1.54) is 0 Å². The van der Waals surface area contributed by atoms with Crippen LogP contribution in [0.15, 0.2) is 18.3 Å². The van der Waals surface area contributed by atoms with Crippen LogP contribution >= 0.6 is 0 Å². The van der Waals surface area contributed by atoms with Gasteiger partial charge in [0.1, 0.15) is 0 Å². The number of carbonyl (C=O) groups excluding carboxylic acids is 1. The topological polar surface area (TPSA) is 68.0 Å².